The zero-order valence-corrected chi connectivity index (χ0v) is 11.7. The predicted octanol–water partition coefficient (Wildman–Crippen LogP) is 0.923. The fourth-order valence-corrected chi connectivity index (χ4v) is 2.70. The first-order valence-electron chi connectivity index (χ1n) is 6.55. The Kier molecular flexibility index (Phi) is 4.03. The van der Waals surface area contributed by atoms with Gasteiger partial charge < -0.3 is 15.2 Å². The first-order chi connectivity index (χ1) is 9.83. The van der Waals surface area contributed by atoms with Crippen LogP contribution in [0.4, 0.5) is 0 Å². The highest BCUT2D eigenvalue weighted by molar-refractivity contribution is 7.07. The van der Waals surface area contributed by atoms with Gasteiger partial charge in [0, 0.05) is 18.3 Å². The van der Waals surface area contributed by atoms with Crippen LogP contribution >= 0.6 is 11.3 Å². The van der Waals surface area contributed by atoms with Gasteiger partial charge in [-0.1, -0.05) is 5.16 Å². The van der Waals surface area contributed by atoms with Gasteiger partial charge in [0.1, 0.15) is 0 Å². The summed E-state index contributed by atoms with van der Waals surface area (Å²) in [6, 6.07) is 0.0825. The van der Waals surface area contributed by atoms with Crippen LogP contribution < -0.4 is 10.6 Å². The molecular formula is C12H15N5O2S. The van der Waals surface area contributed by atoms with Crippen LogP contribution in [0.15, 0.2) is 15.4 Å². The molecule has 2 aromatic rings. The van der Waals surface area contributed by atoms with Crippen LogP contribution in [0.1, 0.15) is 41.1 Å². The number of amides is 1. The highest BCUT2D eigenvalue weighted by atomic mass is 32.1. The van der Waals surface area contributed by atoms with Crippen molar-refractivity contribution in [1.29, 1.82) is 0 Å². The summed E-state index contributed by atoms with van der Waals surface area (Å²) < 4.78 is 5.13. The molecule has 1 fully saturated rings. The fraction of sp³-hybridized carbons (Fsp3) is 0.500. The maximum atomic E-state index is 11.9. The van der Waals surface area contributed by atoms with Crippen LogP contribution in [0.25, 0.3) is 0 Å². The number of thiazole rings is 1. The van der Waals surface area contributed by atoms with Gasteiger partial charge in [-0.15, -0.1) is 11.3 Å². The van der Waals surface area contributed by atoms with Gasteiger partial charge in [0.15, 0.2) is 0 Å². The van der Waals surface area contributed by atoms with Crippen LogP contribution in [0.5, 0.6) is 0 Å². The van der Waals surface area contributed by atoms with E-state index in [2.05, 4.69) is 25.8 Å². The first-order valence-corrected chi connectivity index (χ1v) is 7.49. The number of aromatic nitrogens is 3. The lowest BCUT2D eigenvalue weighted by atomic mass is 10.2. The topological polar surface area (TPSA) is 92.9 Å². The summed E-state index contributed by atoms with van der Waals surface area (Å²) in [5, 5.41) is 11.7. The van der Waals surface area contributed by atoms with Crippen molar-refractivity contribution in [3.8, 4) is 0 Å². The molecular weight excluding hydrogens is 278 g/mol. The minimum absolute atomic E-state index is 0.0825. The summed E-state index contributed by atoms with van der Waals surface area (Å²) in [7, 11) is 0. The van der Waals surface area contributed by atoms with Gasteiger partial charge in [-0.3, -0.25) is 4.79 Å². The molecule has 8 heteroatoms. The van der Waals surface area contributed by atoms with Gasteiger partial charge in [0.2, 0.25) is 5.89 Å². The normalized spacial score (nSPS) is 18.3. The van der Waals surface area contributed by atoms with Crippen molar-refractivity contribution in [3.63, 3.8) is 0 Å². The predicted molar refractivity (Wildman–Crippen MR) is 72.4 cm³/mol. The number of carbonyl (C=O) groups is 1. The van der Waals surface area contributed by atoms with Crippen LogP contribution in [0.3, 0.4) is 0 Å². The largest absolute Gasteiger partial charge is 0.349 e. The smallest absolute Gasteiger partial charge is 0.292 e. The fourth-order valence-electron chi connectivity index (χ4n) is 2.11. The number of rotatable bonds is 5. The van der Waals surface area contributed by atoms with E-state index in [0.717, 1.165) is 25.1 Å². The maximum Gasteiger partial charge on any atom is 0.292 e. The van der Waals surface area contributed by atoms with Crippen molar-refractivity contribution in [1.82, 2.24) is 25.8 Å². The number of hydrogen-bond acceptors (Lipinski definition) is 7. The Labute approximate surface area is 119 Å². The molecule has 7 nitrogen and oxygen atoms in total. The summed E-state index contributed by atoms with van der Waals surface area (Å²) in [6.07, 6.45) is 2.75. The molecule has 106 valence electrons. The third kappa shape index (κ3) is 3.02. The van der Waals surface area contributed by atoms with Crippen LogP contribution in [-0.2, 0) is 6.42 Å². The highest BCUT2D eigenvalue weighted by Gasteiger charge is 2.24. The molecule has 0 bridgehead atoms. The molecule has 1 atom stereocenters. The lowest BCUT2D eigenvalue weighted by Gasteiger charge is -2.01. The minimum Gasteiger partial charge on any atom is -0.349 e. The van der Waals surface area contributed by atoms with E-state index in [-0.39, 0.29) is 17.8 Å². The molecule has 1 saturated heterocycles. The van der Waals surface area contributed by atoms with E-state index < -0.39 is 0 Å². The molecule has 0 spiro atoms. The minimum atomic E-state index is -0.312. The summed E-state index contributed by atoms with van der Waals surface area (Å²) in [6.45, 7) is 1.45. The van der Waals surface area contributed by atoms with Crippen molar-refractivity contribution in [2.75, 3.05) is 13.1 Å². The van der Waals surface area contributed by atoms with E-state index in [9.17, 15) is 4.79 Å². The van der Waals surface area contributed by atoms with Crippen LogP contribution in [0.2, 0.25) is 0 Å². The van der Waals surface area contributed by atoms with E-state index in [4.69, 9.17) is 4.52 Å². The number of carbonyl (C=O) groups excluding carboxylic acids is 1. The van der Waals surface area contributed by atoms with Crippen molar-refractivity contribution in [2.45, 2.75) is 25.3 Å². The van der Waals surface area contributed by atoms with Gasteiger partial charge in [-0.05, 0) is 19.4 Å². The van der Waals surface area contributed by atoms with Crippen LogP contribution in [0, 0.1) is 0 Å². The number of nitrogens with zero attached hydrogens (tertiary/aromatic N) is 3. The molecule has 0 aromatic carbocycles. The van der Waals surface area contributed by atoms with Crippen molar-refractivity contribution in [3.05, 3.63) is 28.3 Å². The molecule has 2 aromatic heterocycles. The Hall–Kier alpha value is -1.80. The zero-order chi connectivity index (χ0) is 13.8. The van der Waals surface area contributed by atoms with Gasteiger partial charge >= 0.3 is 0 Å². The van der Waals surface area contributed by atoms with E-state index in [1.54, 1.807) is 16.8 Å². The summed E-state index contributed by atoms with van der Waals surface area (Å²) >= 11 is 1.54. The van der Waals surface area contributed by atoms with Gasteiger partial charge in [0.25, 0.3) is 11.7 Å². The molecule has 3 heterocycles. The molecule has 1 aliphatic rings. The van der Waals surface area contributed by atoms with Gasteiger partial charge in [-0.2, -0.15) is 4.98 Å². The molecule has 0 aliphatic carbocycles. The Morgan fingerprint density at radius 3 is 3.30 bits per heavy atom. The highest BCUT2D eigenvalue weighted by Crippen LogP contribution is 2.20. The monoisotopic (exact) mass is 293 g/mol. The molecule has 1 amide bonds. The summed E-state index contributed by atoms with van der Waals surface area (Å²) in [4.78, 5) is 20.2. The third-order valence-corrected chi connectivity index (χ3v) is 3.79. The van der Waals surface area contributed by atoms with E-state index in [1.807, 2.05) is 5.38 Å². The molecule has 0 radical (unpaired) electrons. The second-order valence-electron chi connectivity index (χ2n) is 4.59. The first kappa shape index (κ1) is 13.2. The van der Waals surface area contributed by atoms with E-state index >= 15 is 0 Å². The Morgan fingerprint density at radius 2 is 2.55 bits per heavy atom. The average Bonchev–Trinajstić information content (AvgIpc) is 3.20. The lowest BCUT2D eigenvalue weighted by Crippen LogP contribution is -2.27. The Balaban J connectivity index is 1.51. The van der Waals surface area contributed by atoms with Gasteiger partial charge in [-0.25, -0.2) is 4.98 Å². The Bertz CT molecular complexity index is 562. The van der Waals surface area contributed by atoms with E-state index in [0.29, 0.717) is 18.9 Å². The van der Waals surface area contributed by atoms with Crippen molar-refractivity contribution in [2.24, 2.45) is 0 Å². The maximum absolute atomic E-state index is 11.9. The lowest BCUT2D eigenvalue weighted by molar-refractivity contribution is 0.0940. The van der Waals surface area contributed by atoms with Crippen molar-refractivity contribution < 1.29 is 9.32 Å². The summed E-state index contributed by atoms with van der Waals surface area (Å²) in [5.41, 5.74) is 2.75. The second kappa shape index (κ2) is 6.10. The number of hydrogen-bond donors (Lipinski definition) is 2. The average molecular weight is 293 g/mol. The molecule has 20 heavy (non-hydrogen) atoms. The Morgan fingerprint density at radius 1 is 1.60 bits per heavy atom. The zero-order valence-electron chi connectivity index (χ0n) is 10.8. The number of nitrogens with one attached hydrogen (secondary N) is 2. The standard InChI is InChI=1S/C12H15N5O2S/c18-11(14-5-3-8-6-20-7-15-8)10-16-12(19-17-10)9-2-1-4-13-9/h6-7,9,13H,1-5H2,(H,14,18). The third-order valence-electron chi connectivity index (χ3n) is 3.15. The molecule has 2 N–H and O–H groups in total. The molecule has 1 aliphatic heterocycles. The second-order valence-corrected chi connectivity index (χ2v) is 5.31. The summed E-state index contributed by atoms with van der Waals surface area (Å²) in [5.74, 6) is 0.271. The SMILES string of the molecule is O=C(NCCc1cscn1)c1noc(C2CCCN2)n1. The van der Waals surface area contributed by atoms with E-state index in [1.165, 1.54) is 0 Å². The molecule has 1 unspecified atom stereocenters. The molecule has 0 saturated carbocycles. The van der Waals surface area contributed by atoms with Gasteiger partial charge in [0.05, 0.1) is 17.2 Å². The molecule has 3 rings (SSSR count). The quantitative estimate of drug-likeness (QED) is 0.851. The van der Waals surface area contributed by atoms with Crippen molar-refractivity contribution >= 4 is 17.2 Å². The van der Waals surface area contributed by atoms with Crippen LogP contribution in [-0.4, -0.2) is 34.1 Å².